The van der Waals surface area contributed by atoms with E-state index in [9.17, 15) is 4.79 Å². The van der Waals surface area contributed by atoms with Crippen molar-refractivity contribution in [2.75, 3.05) is 13.2 Å². The molecule has 2 N–H and O–H groups in total. The maximum atomic E-state index is 13.3. The van der Waals surface area contributed by atoms with E-state index in [2.05, 4.69) is 39.6 Å². The van der Waals surface area contributed by atoms with E-state index in [1.165, 1.54) is 24.2 Å². The minimum absolute atomic E-state index is 0.0544. The van der Waals surface area contributed by atoms with Crippen LogP contribution >= 0.6 is 0 Å². The van der Waals surface area contributed by atoms with E-state index in [4.69, 9.17) is 9.47 Å². The van der Waals surface area contributed by atoms with Gasteiger partial charge >= 0.3 is 0 Å². The molecule has 9 heteroatoms. The number of aromatic nitrogens is 5. The molecule has 2 aromatic carbocycles. The van der Waals surface area contributed by atoms with Gasteiger partial charge in [-0.15, -0.1) is 5.10 Å². The van der Waals surface area contributed by atoms with Gasteiger partial charge in [0.1, 0.15) is 25.8 Å². The molecule has 0 saturated heterocycles. The molecule has 6 rings (SSSR count). The smallest absolute Gasteiger partial charge is 0.257 e. The fourth-order valence-corrected chi connectivity index (χ4v) is 6.11. The average molecular weight is 516 g/mol. The lowest BCUT2D eigenvalue weighted by molar-refractivity contribution is -0.971. The van der Waals surface area contributed by atoms with E-state index in [-0.39, 0.29) is 11.6 Å². The van der Waals surface area contributed by atoms with Crippen LogP contribution in [-0.4, -0.2) is 44.4 Å². The van der Waals surface area contributed by atoms with Gasteiger partial charge in [0, 0.05) is 17.9 Å². The molecule has 1 fully saturated rings. The molecule has 3 heterocycles. The van der Waals surface area contributed by atoms with Crippen molar-refractivity contribution in [1.82, 2.24) is 25.2 Å². The van der Waals surface area contributed by atoms with Crippen LogP contribution < -0.4 is 19.9 Å². The Kier molecular flexibility index (Phi) is 7.09. The maximum absolute atomic E-state index is 13.3. The fourth-order valence-electron chi connectivity index (χ4n) is 6.11. The first-order valence-electron chi connectivity index (χ1n) is 13.8. The summed E-state index contributed by atoms with van der Waals surface area (Å²) in [5.41, 5.74) is 2.65. The third-order valence-electron chi connectivity index (χ3n) is 8.01. The first-order valence-corrected chi connectivity index (χ1v) is 13.8. The Balaban J connectivity index is 1.35. The molecule has 198 valence electrons. The van der Waals surface area contributed by atoms with Crippen molar-refractivity contribution >= 4 is 10.9 Å². The zero-order valence-electron chi connectivity index (χ0n) is 21.9. The van der Waals surface area contributed by atoms with Gasteiger partial charge in [0.2, 0.25) is 5.82 Å². The van der Waals surface area contributed by atoms with E-state index in [1.54, 1.807) is 0 Å². The summed E-state index contributed by atoms with van der Waals surface area (Å²) in [5.74, 6) is 2.29. The van der Waals surface area contributed by atoms with Crippen LogP contribution in [0, 0.1) is 0 Å². The van der Waals surface area contributed by atoms with Crippen LogP contribution in [0.4, 0.5) is 0 Å². The molecule has 0 amide bonds. The Labute approximate surface area is 221 Å². The van der Waals surface area contributed by atoms with Gasteiger partial charge in [-0.1, -0.05) is 43.7 Å². The summed E-state index contributed by atoms with van der Waals surface area (Å²) < 4.78 is 13.4. The standard InChI is InChI=1S/C29H34N6O3/c1-2-25(28-31-32-33-35(28)18-20-9-5-3-6-10-20)34(23-11-7-4-8-12-23)19-22-15-21-16-26-27(38-14-13-37-26)17-24(21)30-29(22)36/h3,5-6,9-10,15-17,23,25H,2,4,7-8,11-14,18-19H2,1H3,(H,30,36)/p+1. The summed E-state index contributed by atoms with van der Waals surface area (Å²) in [6.45, 7) is 4.48. The van der Waals surface area contributed by atoms with Crippen molar-refractivity contribution in [1.29, 1.82) is 0 Å². The second-order valence-corrected chi connectivity index (χ2v) is 10.4. The molecule has 1 aliphatic heterocycles. The molecule has 9 nitrogen and oxygen atoms in total. The van der Waals surface area contributed by atoms with Crippen molar-refractivity contribution in [3.63, 3.8) is 0 Å². The first-order chi connectivity index (χ1) is 18.7. The number of rotatable bonds is 8. The van der Waals surface area contributed by atoms with E-state index in [0.29, 0.717) is 38.1 Å². The Morgan fingerprint density at radius 3 is 2.58 bits per heavy atom. The average Bonchev–Trinajstić information content (AvgIpc) is 3.40. The van der Waals surface area contributed by atoms with Gasteiger partial charge in [-0.05, 0) is 53.8 Å². The molecule has 2 atom stereocenters. The number of quaternary nitrogens is 1. The quantitative estimate of drug-likeness (QED) is 0.374. The van der Waals surface area contributed by atoms with Crippen LogP contribution in [0.3, 0.4) is 0 Å². The number of tetrazole rings is 1. The number of pyridine rings is 1. The molecule has 0 radical (unpaired) electrons. The first kappa shape index (κ1) is 24.6. The van der Waals surface area contributed by atoms with Gasteiger partial charge in [0.05, 0.1) is 23.7 Å². The zero-order valence-corrected chi connectivity index (χ0v) is 21.9. The van der Waals surface area contributed by atoms with Gasteiger partial charge in [-0.2, -0.15) is 0 Å². The van der Waals surface area contributed by atoms with Crippen molar-refractivity contribution < 1.29 is 14.4 Å². The molecule has 1 saturated carbocycles. The van der Waals surface area contributed by atoms with Gasteiger partial charge in [-0.3, -0.25) is 4.79 Å². The predicted molar refractivity (Wildman–Crippen MR) is 143 cm³/mol. The van der Waals surface area contributed by atoms with Crippen LogP contribution in [0.2, 0.25) is 0 Å². The number of nitrogens with one attached hydrogen (secondary N) is 2. The Morgan fingerprint density at radius 1 is 1.05 bits per heavy atom. The van der Waals surface area contributed by atoms with Crippen molar-refractivity contribution in [3.05, 3.63) is 75.8 Å². The van der Waals surface area contributed by atoms with Crippen LogP contribution in [-0.2, 0) is 13.1 Å². The summed E-state index contributed by atoms with van der Waals surface area (Å²) in [5, 5.41) is 13.9. The number of hydrogen-bond donors (Lipinski definition) is 2. The van der Waals surface area contributed by atoms with Gasteiger partial charge < -0.3 is 19.4 Å². The summed E-state index contributed by atoms with van der Waals surface area (Å²) in [4.78, 5) is 17.8. The number of hydrogen-bond acceptors (Lipinski definition) is 6. The van der Waals surface area contributed by atoms with E-state index < -0.39 is 0 Å². The largest absolute Gasteiger partial charge is 0.486 e. The zero-order chi connectivity index (χ0) is 25.9. The minimum atomic E-state index is -0.0544. The molecule has 2 aromatic heterocycles. The SMILES string of the molecule is CCC(c1nnnn1Cc1ccccc1)[NH+](Cc1cc2cc3c(cc2[nH]c1=O)OCCO3)C1CCCCC1. The predicted octanol–water partition coefficient (Wildman–Crippen LogP) is 3.20. The number of benzene rings is 2. The molecule has 2 aliphatic rings. The molecular formula is C29H35N6O3+. The van der Waals surface area contributed by atoms with Crippen LogP contribution in [0.15, 0.2) is 53.3 Å². The topological polar surface area (TPSA) is 99.4 Å². The highest BCUT2D eigenvalue weighted by molar-refractivity contribution is 5.83. The number of fused-ring (bicyclic) bond motifs is 2. The number of ether oxygens (including phenoxy) is 2. The molecular weight excluding hydrogens is 480 g/mol. The third kappa shape index (κ3) is 5.03. The number of nitrogens with zero attached hydrogens (tertiary/aromatic N) is 4. The highest BCUT2D eigenvalue weighted by atomic mass is 16.6. The Morgan fingerprint density at radius 2 is 1.82 bits per heavy atom. The highest BCUT2D eigenvalue weighted by Crippen LogP contribution is 2.33. The monoisotopic (exact) mass is 515 g/mol. The Hall–Kier alpha value is -3.72. The summed E-state index contributed by atoms with van der Waals surface area (Å²) >= 11 is 0. The fraction of sp³-hybridized carbons (Fsp3) is 0.448. The normalized spacial score (nSPS) is 17.4. The van der Waals surface area contributed by atoms with E-state index in [1.807, 2.05) is 41.1 Å². The molecule has 2 unspecified atom stereocenters. The third-order valence-corrected chi connectivity index (χ3v) is 8.01. The maximum Gasteiger partial charge on any atom is 0.257 e. The summed E-state index contributed by atoms with van der Waals surface area (Å²) in [6, 6.07) is 16.7. The van der Waals surface area contributed by atoms with E-state index in [0.717, 1.165) is 52.9 Å². The molecule has 4 aromatic rings. The number of aromatic amines is 1. The second kappa shape index (κ2) is 10.9. The summed E-state index contributed by atoms with van der Waals surface area (Å²) in [7, 11) is 0. The van der Waals surface area contributed by atoms with Gasteiger partial charge in [0.25, 0.3) is 5.56 Å². The molecule has 0 bridgehead atoms. The van der Waals surface area contributed by atoms with Crippen molar-refractivity contribution in [2.24, 2.45) is 0 Å². The molecule has 1 aliphatic carbocycles. The summed E-state index contributed by atoms with van der Waals surface area (Å²) in [6.07, 6.45) is 6.89. The van der Waals surface area contributed by atoms with Crippen LogP contribution in [0.25, 0.3) is 10.9 Å². The van der Waals surface area contributed by atoms with Crippen molar-refractivity contribution in [3.8, 4) is 11.5 Å². The number of H-pyrrole nitrogens is 1. The molecule has 0 spiro atoms. The Bertz CT molecular complexity index is 1440. The lowest BCUT2D eigenvalue weighted by Gasteiger charge is -2.36. The molecule has 38 heavy (non-hydrogen) atoms. The van der Waals surface area contributed by atoms with Crippen molar-refractivity contribution in [2.45, 2.75) is 70.6 Å². The highest BCUT2D eigenvalue weighted by Gasteiger charge is 2.35. The van der Waals surface area contributed by atoms with E-state index >= 15 is 0 Å². The lowest BCUT2D eigenvalue weighted by atomic mass is 9.92. The van der Waals surface area contributed by atoms with Gasteiger partial charge in [0.15, 0.2) is 11.5 Å². The minimum Gasteiger partial charge on any atom is -0.486 e. The van der Waals surface area contributed by atoms with Crippen LogP contribution in [0.1, 0.15) is 68.4 Å². The van der Waals surface area contributed by atoms with Gasteiger partial charge in [-0.25, -0.2) is 4.68 Å². The van der Waals surface area contributed by atoms with Crippen LogP contribution in [0.5, 0.6) is 11.5 Å². The second-order valence-electron chi connectivity index (χ2n) is 10.4. The lowest BCUT2D eigenvalue weighted by Crippen LogP contribution is -3.15.